The van der Waals surface area contributed by atoms with Crippen molar-refractivity contribution < 1.29 is 40.3 Å². The number of amides is 2. The summed E-state index contributed by atoms with van der Waals surface area (Å²) in [6.07, 6.45) is -5.64. The first-order valence-corrected chi connectivity index (χ1v) is 9.60. The van der Waals surface area contributed by atoms with Gasteiger partial charge in [0.15, 0.2) is 0 Å². The monoisotopic (exact) mass is 481 g/mol. The van der Waals surface area contributed by atoms with Gasteiger partial charge in [-0.25, -0.2) is 8.78 Å². The fraction of sp³-hybridized carbons (Fsp3) is 0.474. The molecule has 14 heteroatoms. The highest BCUT2D eigenvalue weighted by Gasteiger charge is 2.49. The number of pyridine rings is 1. The number of alkyl halides is 7. The Morgan fingerprint density at radius 3 is 2.45 bits per heavy atom. The van der Waals surface area contributed by atoms with Crippen LogP contribution in [0.15, 0.2) is 18.3 Å². The molecular weight excluding hydrogens is 463 g/mol. The molecule has 0 aliphatic heterocycles. The molecule has 1 saturated carbocycles. The van der Waals surface area contributed by atoms with E-state index in [1.54, 1.807) is 0 Å². The molecule has 3 N–H and O–H groups in total. The highest BCUT2D eigenvalue weighted by Crippen LogP contribution is 2.43. The van der Waals surface area contributed by atoms with E-state index in [2.05, 4.69) is 15.4 Å². The molecule has 0 spiro atoms. The lowest BCUT2D eigenvalue weighted by molar-refractivity contribution is -0.141. The summed E-state index contributed by atoms with van der Waals surface area (Å²) in [4.78, 5) is 27.7. The van der Waals surface area contributed by atoms with Crippen molar-refractivity contribution in [3.8, 4) is 0 Å². The van der Waals surface area contributed by atoms with Crippen molar-refractivity contribution in [1.29, 1.82) is 0 Å². The predicted octanol–water partition coefficient (Wildman–Crippen LogP) is 4.20. The van der Waals surface area contributed by atoms with Crippen LogP contribution in [0.25, 0.3) is 0 Å². The number of nitrogens with two attached hydrogens (primary N) is 1. The van der Waals surface area contributed by atoms with Crippen molar-refractivity contribution in [1.82, 2.24) is 14.8 Å². The number of nitrogens with one attached hydrogen (secondary N) is 1. The maximum Gasteiger partial charge on any atom is 0.420 e. The van der Waals surface area contributed by atoms with Crippen LogP contribution in [-0.2, 0) is 18.6 Å². The highest BCUT2D eigenvalue weighted by atomic mass is 19.4. The van der Waals surface area contributed by atoms with Crippen LogP contribution in [0.1, 0.15) is 58.4 Å². The average molecular weight is 481 g/mol. The SMILES string of the molecule is CC(F)(F)c1nn(CC2CCC(F)(F)C2)c(C(=O)Nc2ccnc(C(N)=O)c2)c1C(F)(F)F. The van der Waals surface area contributed by atoms with E-state index in [9.17, 15) is 40.3 Å². The third-order valence-electron chi connectivity index (χ3n) is 5.07. The summed E-state index contributed by atoms with van der Waals surface area (Å²) in [6.45, 7) is -0.414. The van der Waals surface area contributed by atoms with Crippen LogP contribution >= 0.6 is 0 Å². The molecule has 0 radical (unpaired) electrons. The molecule has 1 aliphatic rings. The number of primary amides is 1. The lowest BCUT2D eigenvalue weighted by Crippen LogP contribution is -2.25. The van der Waals surface area contributed by atoms with Gasteiger partial charge < -0.3 is 11.1 Å². The maximum absolute atomic E-state index is 14.0. The molecule has 2 amide bonds. The largest absolute Gasteiger partial charge is 0.420 e. The predicted molar refractivity (Wildman–Crippen MR) is 99.8 cm³/mol. The van der Waals surface area contributed by atoms with E-state index in [0.717, 1.165) is 18.3 Å². The first-order chi connectivity index (χ1) is 15.1. The second kappa shape index (κ2) is 8.30. The van der Waals surface area contributed by atoms with E-state index in [1.165, 1.54) is 0 Å². The van der Waals surface area contributed by atoms with Gasteiger partial charge in [0.2, 0.25) is 5.92 Å². The number of carbonyl (C=O) groups is 2. The Kier molecular flexibility index (Phi) is 6.15. The minimum atomic E-state index is -5.41. The Balaban J connectivity index is 2.08. The third-order valence-corrected chi connectivity index (χ3v) is 5.07. The summed E-state index contributed by atoms with van der Waals surface area (Å²) in [6, 6.07) is 2.10. The molecule has 1 atom stereocenters. The van der Waals surface area contributed by atoms with Gasteiger partial charge in [-0.05, 0) is 24.5 Å². The van der Waals surface area contributed by atoms with Crippen molar-refractivity contribution in [3.63, 3.8) is 0 Å². The fourth-order valence-electron chi connectivity index (χ4n) is 3.68. The molecule has 1 fully saturated rings. The minimum absolute atomic E-state index is 0.0839. The van der Waals surface area contributed by atoms with E-state index >= 15 is 0 Å². The van der Waals surface area contributed by atoms with Gasteiger partial charge in [-0.2, -0.15) is 27.1 Å². The molecule has 2 heterocycles. The van der Waals surface area contributed by atoms with Gasteiger partial charge in [0, 0.05) is 38.2 Å². The van der Waals surface area contributed by atoms with E-state index in [1.807, 2.05) is 0 Å². The van der Waals surface area contributed by atoms with Crippen molar-refractivity contribution >= 4 is 17.5 Å². The first kappa shape index (κ1) is 24.5. The molecule has 1 aliphatic carbocycles. The fourth-order valence-corrected chi connectivity index (χ4v) is 3.68. The van der Waals surface area contributed by atoms with Crippen molar-refractivity contribution in [2.45, 2.75) is 50.8 Å². The zero-order chi connectivity index (χ0) is 24.8. The number of rotatable bonds is 6. The summed E-state index contributed by atoms with van der Waals surface area (Å²) in [5, 5.41) is 5.39. The van der Waals surface area contributed by atoms with Crippen LogP contribution in [0.3, 0.4) is 0 Å². The maximum atomic E-state index is 14.0. The highest BCUT2D eigenvalue weighted by molar-refractivity contribution is 6.05. The number of anilines is 1. The summed E-state index contributed by atoms with van der Waals surface area (Å²) in [7, 11) is 0. The van der Waals surface area contributed by atoms with Crippen molar-refractivity contribution in [2.75, 3.05) is 5.32 Å². The lowest BCUT2D eigenvalue weighted by atomic mass is 10.1. The van der Waals surface area contributed by atoms with Gasteiger partial charge in [0.05, 0.1) is 0 Å². The Morgan fingerprint density at radius 1 is 1.27 bits per heavy atom. The molecule has 0 saturated heterocycles. The van der Waals surface area contributed by atoms with Gasteiger partial charge in [0.1, 0.15) is 22.6 Å². The van der Waals surface area contributed by atoms with Crippen LogP contribution in [0.4, 0.5) is 36.4 Å². The van der Waals surface area contributed by atoms with Crippen LogP contribution in [-0.4, -0.2) is 32.5 Å². The molecule has 33 heavy (non-hydrogen) atoms. The zero-order valence-corrected chi connectivity index (χ0v) is 17.0. The molecule has 7 nitrogen and oxygen atoms in total. The second-order valence-corrected chi connectivity index (χ2v) is 7.85. The van der Waals surface area contributed by atoms with Gasteiger partial charge in [-0.3, -0.25) is 19.3 Å². The Hall–Kier alpha value is -3.19. The average Bonchev–Trinajstić information content (AvgIpc) is 3.22. The molecule has 180 valence electrons. The van der Waals surface area contributed by atoms with Crippen molar-refractivity contribution in [2.24, 2.45) is 11.7 Å². The Bertz CT molecular complexity index is 1080. The molecule has 2 aromatic heterocycles. The molecule has 1 unspecified atom stereocenters. The quantitative estimate of drug-likeness (QED) is 0.604. The van der Waals surface area contributed by atoms with E-state index in [0.29, 0.717) is 4.68 Å². The first-order valence-electron chi connectivity index (χ1n) is 9.60. The molecular formula is C19H18F7N5O2. The molecule has 0 aromatic carbocycles. The topological polar surface area (TPSA) is 103 Å². The second-order valence-electron chi connectivity index (χ2n) is 7.85. The number of carbonyl (C=O) groups excluding carboxylic acids is 2. The normalized spacial score (nSPS) is 18.4. The van der Waals surface area contributed by atoms with Crippen LogP contribution < -0.4 is 11.1 Å². The molecule has 2 aromatic rings. The van der Waals surface area contributed by atoms with Crippen LogP contribution in [0.2, 0.25) is 0 Å². The molecule has 3 rings (SSSR count). The minimum Gasteiger partial charge on any atom is -0.364 e. The van der Waals surface area contributed by atoms with Gasteiger partial charge >= 0.3 is 6.18 Å². The van der Waals surface area contributed by atoms with Gasteiger partial charge in [-0.1, -0.05) is 0 Å². The number of halogens is 7. The number of nitrogens with zero attached hydrogens (tertiary/aromatic N) is 3. The summed E-state index contributed by atoms with van der Waals surface area (Å²) >= 11 is 0. The third kappa shape index (κ3) is 5.42. The van der Waals surface area contributed by atoms with E-state index in [4.69, 9.17) is 5.73 Å². The summed E-state index contributed by atoms with van der Waals surface area (Å²) in [5.74, 6) is -10.5. The number of aromatic nitrogens is 3. The van der Waals surface area contributed by atoms with Crippen LogP contribution in [0, 0.1) is 5.92 Å². The van der Waals surface area contributed by atoms with E-state index in [-0.39, 0.29) is 24.7 Å². The Morgan fingerprint density at radius 2 is 1.94 bits per heavy atom. The summed E-state index contributed by atoms with van der Waals surface area (Å²) in [5.41, 5.74) is -0.359. The van der Waals surface area contributed by atoms with Crippen LogP contribution in [0.5, 0.6) is 0 Å². The zero-order valence-electron chi connectivity index (χ0n) is 17.0. The number of hydrogen-bond donors (Lipinski definition) is 2. The number of hydrogen-bond acceptors (Lipinski definition) is 4. The smallest absolute Gasteiger partial charge is 0.364 e. The Labute approximate surface area is 182 Å². The lowest BCUT2D eigenvalue weighted by Gasteiger charge is -2.15. The van der Waals surface area contributed by atoms with Gasteiger partial charge in [-0.15, -0.1) is 0 Å². The van der Waals surface area contributed by atoms with E-state index < -0.39 is 72.1 Å². The summed E-state index contributed by atoms with van der Waals surface area (Å²) < 4.78 is 97.0. The standard InChI is InChI=1S/C19H18F7N5O2/c1-17(20,21)14-12(19(24,25)26)13(31(30-14)8-9-2-4-18(22,23)7-9)16(33)29-10-3-5-28-11(6-10)15(27)32/h3,5-6,9H,2,4,7-8H2,1H3,(H2,27,32)(H,28,29,33). The molecule has 0 bridgehead atoms. The van der Waals surface area contributed by atoms with Crippen molar-refractivity contribution in [3.05, 3.63) is 41.0 Å². The van der Waals surface area contributed by atoms with Gasteiger partial charge in [0.25, 0.3) is 17.7 Å².